The first-order valence-electron chi connectivity index (χ1n) is 7.99. The summed E-state index contributed by atoms with van der Waals surface area (Å²) in [7, 11) is 0. The van der Waals surface area contributed by atoms with Crippen molar-refractivity contribution in [3.05, 3.63) is 70.2 Å². The number of rotatable bonds is 3. The van der Waals surface area contributed by atoms with Crippen LogP contribution in [0.5, 0.6) is 0 Å². The molecule has 1 aliphatic rings. The van der Waals surface area contributed by atoms with Crippen LogP contribution in [0.1, 0.15) is 24.1 Å². The minimum absolute atomic E-state index is 0.883. The van der Waals surface area contributed by atoms with Crippen molar-refractivity contribution in [2.45, 2.75) is 12.8 Å². The van der Waals surface area contributed by atoms with E-state index in [2.05, 4.69) is 61.2 Å². The summed E-state index contributed by atoms with van der Waals surface area (Å²) in [6.45, 7) is 0.883. The van der Waals surface area contributed by atoms with Crippen LogP contribution in [0.25, 0.3) is 17.5 Å². The lowest BCUT2D eigenvalue weighted by atomic mass is 9.96. The first kappa shape index (κ1) is 15.1. The third-order valence-electron chi connectivity index (χ3n) is 4.09. The van der Waals surface area contributed by atoms with E-state index in [1.54, 1.807) is 6.20 Å². The molecular weight excluding hydrogens is 364 g/mol. The van der Waals surface area contributed by atoms with Crippen molar-refractivity contribution in [2.75, 3.05) is 6.54 Å². The Labute approximate surface area is 148 Å². The van der Waals surface area contributed by atoms with Gasteiger partial charge in [-0.05, 0) is 76.8 Å². The summed E-state index contributed by atoms with van der Waals surface area (Å²) in [6, 6.07) is 12.3. The Morgan fingerprint density at radius 2 is 1.92 bits per heavy atom. The SMILES string of the molecule is Brc1ccc(-c2ccc(C=C3CCCN=C3c3cccnc3)[nH]2)[nH]1. The van der Waals surface area contributed by atoms with E-state index in [1.807, 2.05) is 18.3 Å². The fraction of sp³-hybridized carbons (Fsp3) is 0.158. The molecule has 0 aliphatic carbocycles. The van der Waals surface area contributed by atoms with Crippen LogP contribution in [0.3, 0.4) is 0 Å². The first-order valence-corrected chi connectivity index (χ1v) is 8.78. The van der Waals surface area contributed by atoms with Crippen molar-refractivity contribution in [3.8, 4) is 11.4 Å². The number of aliphatic imine (C=N–C) groups is 1. The van der Waals surface area contributed by atoms with Crippen LogP contribution < -0.4 is 0 Å². The topological polar surface area (TPSA) is 56.8 Å². The van der Waals surface area contributed by atoms with E-state index in [9.17, 15) is 0 Å². The molecule has 3 aromatic heterocycles. The summed E-state index contributed by atoms with van der Waals surface area (Å²) < 4.78 is 0.977. The summed E-state index contributed by atoms with van der Waals surface area (Å²) >= 11 is 3.45. The highest BCUT2D eigenvalue weighted by Gasteiger charge is 2.14. The van der Waals surface area contributed by atoms with Crippen molar-refractivity contribution in [1.29, 1.82) is 0 Å². The van der Waals surface area contributed by atoms with Crippen LogP contribution in [0, 0.1) is 0 Å². The Kier molecular flexibility index (Phi) is 4.17. The van der Waals surface area contributed by atoms with Gasteiger partial charge < -0.3 is 9.97 Å². The number of hydrogen-bond acceptors (Lipinski definition) is 2. The molecule has 0 spiro atoms. The molecule has 4 nitrogen and oxygen atoms in total. The Morgan fingerprint density at radius 3 is 2.71 bits per heavy atom. The standard InChI is InChI=1S/C19H17BrN4/c20-18-8-7-17(24-18)16-6-5-15(23-16)11-13-3-2-10-22-19(13)14-4-1-9-21-12-14/h1,4-9,11-12,23-24H,2-3,10H2. The number of pyridine rings is 1. The molecule has 0 radical (unpaired) electrons. The van der Waals surface area contributed by atoms with Crippen LogP contribution in [-0.2, 0) is 0 Å². The van der Waals surface area contributed by atoms with E-state index in [-0.39, 0.29) is 0 Å². The van der Waals surface area contributed by atoms with Crippen molar-refractivity contribution in [2.24, 2.45) is 4.99 Å². The summed E-state index contributed by atoms with van der Waals surface area (Å²) in [6.07, 6.45) is 8.01. The van der Waals surface area contributed by atoms with Gasteiger partial charge in [0.25, 0.3) is 0 Å². The van der Waals surface area contributed by atoms with Gasteiger partial charge >= 0.3 is 0 Å². The molecule has 4 heterocycles. The zero-order chi connectivity index (χ0) is 16.4. The monoisotopic (exact) mass is 380 g/mol. The van der Waals surface area contributed by atoms with Crippen LogP contribution in [-0.4, -0.2) is 27.2 Å². The Bertz CT molecular complexity index is 902. The molecule has 0 unspecified atom stereocenters. The quantitative estimate of drug-likeness (QED) is 0.671. The molecule has 0 fully saturated rings. The highest BCUT2D eigenvalue weighted by molar-refractivity contribution is 9.10. The van der Waals surface area contributed by atoms with E-state index < -0.39 is 0 Å². The molecule has 0 saturated carbocycles. The molecule has 1 aliphatic heterocycles. The predicted molar refractivity (Wildman–Crippen MR) is 101 cm³/mol. The predicted octanol–water partition coefficient (Wildman–Crippen LogP) is 4.83. The zero-order valence-electron chi connectivity index (χ0n) is 13.1. The minimum atomic E-state index is 0.883. The molecule has 0 atom stereocenters. The molecule has 0 amide bonds. The number of aromatic nitrogens is 3. The zero-order valence-corrected chi connectivity index (χ0v) is 14.7. The van der Waals surface area contributed by atoms with E-state index in [1.165, 1.54) is 5.57 Å². The maximum Gasteiger partial charge on any atom is 0.0825 e. The second-order valence-corrected chi connectivity index (χ2v) is 6.65. The molecule has 24 heavy (non-hydrogen) atoms. The Hall–Kier alpha value is -2.40. The van der Waals surface area contributed by atoms with Gasteiger partial charge in [-0.1, -0.05) is 0 Å². The number of nitrogens with one attached hydrogen (secondary N) is 2. The van der Waals surface area contributed by atoms with E-state index in [4.69, 9.17) is 4.99 Å². The molecule has 4 rings (SSSR count). The first-order chi connectivity index (χ1) is 11.8. The summed E-state index contributed by atoms with van der Waals surface area (Å²) in [5, 5.41) is 0. The van der Waals surface area contributed by atoms with Crippen molar-refractivity contribution in [1.82, 2.24) is 15.0 Å². The largest absolute Gasteiger partial charge is 0.354 e. The second-order valence-electron chi connectivity index (χ2n) is 5.79. The van der Waals surface area contributed by atoms with Gasteiger partial charge in [-0.3, -0.25) is 9.98 Å². The number of aromatic amines is 2. The van der Waals surface area contributed by atoms with Crippen LogP contribution in [0.15, 0.2) is 64.0 Å². The van der Waals surface area contributed by atoms with Gasteiger partial charge in [-0.25, -0.2) is 0 Å². The Morgan fingerprint density at radius 1 is 1.04 bits per heavy atom. The van der Waals surface area contributed by atoms with Crippen molar-refractivity contribution < 1.29 is 0 Å². The van der Waals surface area contributed by atoms with E-state index in [0.29, 0.717) is 0 Å². The fourth-order valence-corrected chi connectivity index (χ4v) is 3.31. The minimum Gasteiger partial charge on any atom is -0.354 e. The second kappa shape index (κ2) is 6.61. The van der Waals surface area contributed by atoms with Crippen molar-refractivity contribution >= 4 is 27.7 Å². The maximum atomic E-state index is 4.73. The van der Waals surface area contributed by atoms with Gasteiger partial charge in [-0.2, -0.15) is 0 Å². The summed E-state index contributed by atoms with van der Waals surface area (Å²) in [4.78, 5) is 15.7. The average Bonchev–Trinajstić information content (AvgIpc) is 3.25. The molecule has 120 valence electrons. The number of H-pyrrole nitrogens is 2. The van der Waals surface area contributed by atoms with E-state index >= 15 is 0 Å². The number of hydrogen-bond donors (Lipinski definition) is 2. The highest BCUT2D eigenvalue weighted by Crippen LogP contribution is 2.24. The molecule has 0 aromatic carbocycles. The summed E-state index contributed by atoms with van der Waals surface area (Å²) in [5.41, 5.74) is 6.63. The molecule has 5 heteroatoms. The van der Waals surface area contributed by atoms with Gasteiger partial charge in [0.15, 0.2) is 0 Å². The van der Waals surface area contributed by atoms with Gasteiger partial charge in [-0.15, -0.1) is 0 Å². The van der Waals surface area contributed by atoms with Gasteiger partial charge in [0.2, 0.25) is 0 Å². The third-order valence-corrected chi connectivity index (χ3v) is 4.55. The van der Waals surface area contributed by atoms with E-state index in [0.717, 1.165) is 52.3 Å². The molecular formula is C19H17BrN4. The van der Waals surface area contributed by atoms with Gasteiger partial charge in [0, 0.05) is 30.2 Å². The highest BCUT2D eigenvalue weighted by atomic mass is 79.9. The number of nitrogens with zero attached hydrogens (tertiary/aromatic N) is 2. The van der Waals surface area contributed by atoms with Gasteiger partial charge in [0.1, 0.15) is 0 Å². The normalized spacial score (nSPS) is 16.4. The third kappa shape index (κ3) is 3.12. The van der Waals surface area contributed by atoms with Crippen LogP contribution >= 0.6 is 15.9 Å². The molecule has 0 bridgehead atoms. The summed E-state index contributed by atoms with van der Waals surface area (Å²) in [5.74, 6) is 0. The van der Waals surface area contributed by atoms with Gasteiger partial charge in [0.05, 0.1) is 21.7 Å². The number of halogens is 1. The molecule has 0 saturated heterocycles. The lowest BCUT2D eigenvalue weighted by molar-refractivity contribution is 0.818. The van der Waals surface area contributed by atoms with Crippen LogP contribution in [0.2, 0.25) is 0 Å². The maximum absolute atomic E-state index is 4.73. The smallest absolute Gasteiger partial charge is 0.0825 e. The lowest BCUT2D eigenvalue weighted by Crippen LogP contribution is -2.11. The van der Waals surface area contributed by atoms with Crippen LogP contribution in [0.4, 0.5) is 0 Å². The molecule has 3 aromatic rings. The number of allylic oxidation sites excluding steroid dienone is 1. The van der Waals surface area contributed by atoms with Crippen molar-refractivity contribution in [3.63, 3.8) is 0 Å². The average molecular weight is 381 g/mol. The molecule has 2 N–H and O–H groups in total. The fourth-order valence-electron chi connectivity index (χ4n) is 2.97. The Balaban J connectivity index is 1.66. The lowest BCUT2D eigenvalue weighted by Gasteiger charge is -2.16.